The molecule has 1 aromatic rings. The molecule has 0 aromatic heterocycles. The fourth-order valence-electron chi connectivity index (χ4n) is 2.42. The average Bonchev–Trinajstić information content (AvgIpc) is 2.51. The predicted molar refractivity (Wildman–Crippen MR) is 76.4 cm³/mol. The Kier molecular flexibility index (Phi) is 5.92. The van der Waals surface area contributed by atoms with Crippen LogP contribution in [0.1, 0.15) is 31.7 Å². The minimum Gasteiger partial charge on any atom is -0.481 e. The molecule has 0 aliphatic carbocycles. The van der Waals surface area contributed by atoms with Gasteiger partial charge in [-0.25, -0.2) is 0 Å². The summed E-state index contributed by atoms with van der Waals surface area (Å²) in [7, 11) is 1.30. The molecule has 0 aliphatic heterocycles. The van der Waals surface area contributed by atoms with E-state index in [0.717, 1.165) is 5.56 Å². The van der Waals surface area contributed by atoms with Gasteiger partial charge in [-0.1, -0.05) is 37.3 Å². The standard InChI is InChI=1S/C16H19NO4/c1-12(15(20)21-2)10-16(11-17,9-8-14(18)19)13-6-4-3-5-7-13/h3-7,12H,8-10H2,1-2H3,(H,18,19). The normalized spacial score (nSPS) is 14.5. The molecule has 0 radical (unpaired) electrons. The molecule has 5 nitrogen and oxygen atoms in total. The third kappa shape index (κ3) is 4.32. The Morgan fingerprint density at radius 1 is 1.38 bits per heavy atom. The van der Waals surface area contributed by atoms with Crippen molar-refractivity contribution in [1.82, 2.24) is 0 Å². The highest BCUT2D eigenvalue weighted by Gasteiger charge is 2.36. The van der Waals surface area contributed by atoms with Gasteiger partial charge in [0.05, 0.1) is 24.5 Å². The largest absolute Gasteiger partial charge is 0.481 e. The van der Waals surface area contributed by atoms with E-state index in [-0.39, 0.29) is 19.3 Å². The van der Waals surface area contributed by atoms with Crippen LogP contribution < -0.4 is 0 Å². The first kappa shape index (κ1) is 16.7. The lowest BCUT2D eigenvalue weighted by Gasteiger charge is -2.28. The zero-order chi connectivity index (χ0) is 15.9. The van der Waals surface area contributed by atoms with Gasteiger partial charge >= 0.3 is 11.9 Å². The number of aliphatic carboxylic acids is 1. The van der Waals surface area contributed by atoms with E-state index in [9.17, 15) is 14.9 Å². The van der Waals surface area contributed by atoms with Gasteiger partial charge in [-0.3, -0.25) is 9.59 Å². The number of carbonyl (C=O) groups is 2. The van der Waals surface area contributed by atoms with Crippen molar-refractivity contribution in [3.63, 3.8) is 0 Å². The smallest absolute Gasteiger partial charge is 0.308 e. The van der Waals surface area contributed by atoms with Crippen LogP contribution in [0.15, 0.2) is 30.3 Å². The first-order valence-electron chi connectivity index (χ1n) is 6.71. The number of carboxylic acid groups (broad SMARTS) is 1. The minimum absolute atomic E-state index is 0.129. The van der Waals surface area contributed by atoms with E-state index in [0.29, 0.717) is 0 Å². The number of nitriles is 1. The van der Waals surface area contributed by atoms with Crippen LogP contribution in [0.3, 0.4) is 0 Å². The predicted octanol–water partition coefficient (Wildman–Crippen LogP) is 2.51. The molecule has 1 rings (SSSR count). The summed E-state index contributed by atoms with van der Waals surface area (Å²) in [6, 6.07) is 11.2. The van der Waals surface area contributed by atoms with Crippen molar-refractivity contribution in [1.29, 1.82) is 5.26 Å². The summed E-state index contributed by atoms with van der Waals surface area (Å²) < 4.78 is 4.70. The SMILES string of the molecule is COC(=O)C(C)CC(C#N)(CCC(=O)O)c1ccccc1. The second-order valence-corrected chi connectivity index (χ2v) is 5.08. The Morgan fingerprint density at radius 2 is 2.00 bits per heavy atom. The maximum absolute atomic E-state index is 11.6. The Bertz CT molecular complexity index is 535. The van der Waals surface area contributed by atoms with Crippen molar-refractivity contribution in [3.8, 4) is 6.07 Å². The highest BCUT2D eigenvalue weighted by molar-refractivity contribution is 5.72. The molecule has 5 heteroatoms. The summed E-state index contributed by atoms with van der Waals surface area (Å²) in [4.78, 5) is 22.5. The Hall–Kier alpha value is -2.35. The molecule has 0 aliphatic rings. The maximum Gasteiger partial charge on any atom is 0.308 e. The molecule has 0 spiro atoms. The second kappa shape index (κ2) is 7.44. The fourth-order valence-corrected chi connectivity index (χ4v) is 2.42. The van der Waals surface area contributed by atoms with Crippen molar-refractivity contribution in [2.45, 2.75) is 31.6 Å². The fraction of sp³-hybridized carbons (Fsp3) is 0.438. The zero-order valence-electron chi connectivity index (χ0n) is 12.2. The Morgan fingerprint density at radius 3 is 2.48 bits per heavy atom. The molecular formula is C16H19NO4. The lowest BCUT2D eigenvalue weighted by Crippen LogP contribution is -2.30. The van der Waals surface area contributed by atoms with Gasteiger partial charge in [0.2, 0.25) is 0 Å². The maximum atomic E-state index is 11.6. The minimum atomic E-state index is -1.01. The van der Waals surface area contributed by atoms with E-state index in [1.54, 1.807) is 31.2 Å². The number of ether oxygens (including phenoxy) is 1. The van der Waals surface area contributed by atoms with Crippen molar-refractivity contribution in [3.05, 3.63) is 35.9 Å². The van der Waals surface area contributed by atoms with Gasteiger partial charge in [0.15, 0.2) is 0 Å². The van der Waals surface area contributed by atoms with Gasteiger partial charge in [0.25, 0.3) is 0 Å². The summed E-state index contributed by atoms with van der Waals surface area (Å²) in [5, 5.41) is 18.6. The van der Waals surface area contributed by atoms with Crippen molar-refractivity contribution >= 4 is 11.9 Å². The van der Waals surface area contributed by atoms with E-state index < -0.39 is 23.3 Å². The van der Waals surface area contributed by atoms with Gasteiger partial charge in [0, 0.05) is 6.42 Å². The van der Waals surface area contributed by atoms with Crippen molar-refractivity contribution < 1.29 is 19.4 Å². The third-order valence-corrected chi connectivity index (χ3v) is 3.56. The lowest BCUT2D eigenvalue weighted by atomic mass is 9.72. The first-order valence-corrected chi connectivity index (χ1v) is 6.71. The lowest BCUT2D eigenvalue weighted by molar-refractivity contribution is -0.145. The van der Waals surface area contributed by atoms with E-state index in [2.05, 4.69) is 6.07 Å². The van der Waals surface area contributed by atoms with Gasteiger partial charge in [-0.15, -0.1) is 0 Å². The summed E-state index contributed by atoms with van der Waals surface area (Å²) in [6.07, 6.45) is 0.258. The van der Waals surface area contributed by atoms with E-state index in [4.69, 9.17) is 9.84 Å². The molecule has 21 heavy (non-hydrogen) atoms. The number of esters is 1. The molecule has 0 saturated carbocycles. The van der Waals surface area contributed by atoms with Crippen molar-refractivity contribution in [2.24, 2.45) is 5.92 Å². The van der Waals surface area contributed by atoms with Crippen LogP contribution in [-0.4, -0.2) is 24.2 Å². The van der Waals surface area contributed by atoms with Crippen LogP contribution in [0, 0.1) is 17.2 Å². The summed E-state index contributed by atoms with van der Waals surface area (Å²) in [5.74, 6) is -1.85. The quantitative estimate of drug-likeness (QED) is 0.779. The number of hydrogen-bond donors (Lipinski definition) is 1. The van der Waals surface area contributed by atoms with Gasteiger partial charge in [-0.2, -0.15) is 5.26 Å². The number of methoxy groups -OCH3 is 1. The highest BCUT2D eigenvalue weighted by Crippen LogP contribution is 2.35. The molecule has 2 atom stereocenters. The monoisotopic (exact) mass is 289 g/mol. The number of nitrogens with zero attached hydrogens (tertiary/aromatic N) is 1. The molecule has 0 heterocycles. The van der Waals surface area contributed by atoms with Crippen LogP contribution in [0.25, 0.3) is 0 Å². The van der Waals surface area contributed by atoms with Crippen LogP contribution in [0.2, 0.25) is 0 Å². The van der Waals surface area contributed by atoms with E-state index >= 15 is 0 Å². The third-order valence-electron chi connectivity index (χ3n) is 3.56. The van der Waals surface area contributed by atoms with Gasteiger partial charge in [0.1, 0.15) is 0 Å². The molecule has 2 unspecified atom stereocenters. The van der Waals surface area contributed by atoms with Crippen LogP contribution in [0.4, 0.5) is 0 Å². The first-order chi connectivity index (χ1) is 9.95. The Labute approximate surface area is 124 Å². The molecule has 0 bridgehead atoms. The van der Waals surface area contributed by atoms with Gasteiger partial charge in [-0.05, 0) is 18.4 Å². The van der Waals surface area contributed by atoms with E-state index in [1.807, 2.05) is 6.07 Å². The van der Waals surface area contributed by atoms with Crippen LogP contribution in [-0.2, 0) is 19.7 Å². The Balaban J connectivity index is 3.11. The van der Waals surface area contributed by atoms with Crippen LogP contribution in [0.5, 0.6) is 0 Å². The zero-order valence-corrected chi connectivity index (χ0v) is 12.2. The van der Waals surface area contributed by atoms with Gasteiger partial charge < -0.3 is 9.84 Å². The molecule has 0 saturated heterocycles. The summed E-state index contributed by atoms with van der Waals surface area (Å²) in [5.41, 5.74) is -0.280. The second-order valence-electron chi connectivity index (χ2n) is 5.08. The highest BCUT2D eigenvalue weighted by atomic mass is 16.5. The van der Waals surface area contributed by atoms with Crippen LogP contribution >= 0.6 is 0 Å². The average molecular weight is 289 g/mol. The molecule has 0 fully saturated rings. The number of hydrogen-bond acceptors (Lipinski definition) is 4. The number of carboxylic acids is 1. The molecule has 0 amide bonds. The molecular weight excluding hydrogens is 270 g/mol. The summed E-state index contributed by atoms with van der Waals surface area (Å²) in [6.45, 7) is 1.68. The number of carbonyl (C=O) groups excluding carboxylic acids is 1. The summed E-state index contributed by atoms with van der Waals surface area (Å²) >= 11 is 0. The molecule has 112 valence electrons. The molecule has 1 aromatic carbocycles. The molecule has 1 N–H and O–H groups in total. The topological polar surface area (TPSA) is 87.4 Å². The van der Waals surface area contributed by atoms with Crippen molar-refractivity contribution in [2.75, 3.05) is 7.11 Å². The number of rotatable bonds is 7. The van der Waals surface area contributed by atoms with E-state index in [1.165, 1.54) is 7.11 Å². The number of benzene rings is 1.